The minimum absolute atomic E-state index is 0.641. The lowest BCUT2D eigenvalue weighted by molar-refractivity contribution is 0.483. The molecule has 2 unspecified atom stereocenters. The monoisotopic (exact) mass is 281 g/mol. The molecule has 2 N–H and O–H groups in total. The Morgan fingerprint density at radius 1 is 1.33 bits per heavy atom. The Bertz CT molecular complexity index is 743. The van der Waals surface area contributed by atoms with Gasteiger partial charge in [-0.05, 0) is 44.0 Å². The summed E-state index contributed by atoms with van der Waals surface area (Å²) < 4.78 is 2.33. The maximum atomic E-state index is 4.73. The average molecular weight is 281 g/mol. The lowest BCUT2D eigenvalue weighted by Crippen LogP contribution is -2.17. The number of nitrogens with zero attached hydrogens (tertiary/aromatic N) is 3. The number of rotatable bonds is 3. The summed E-state index contributed by atoms with van der Waals surface area (Å²) in [6, 6.07) is 6.98. The molecule has 108 valence electrons. The van der Waals surface area contributed by atoms with Crippen LogP contribution in [0, 0.1) is 5.92 Å². The average Bonchev–Trinajstić information content (AvgIpc) is 3.21. The van der Waals surface area contributed by atoms with Gasteiger partial charge in [0, 0.05) is 30.5 Å². The fourth-order valence-electron chi connectivity index (χ4n) is 3.24. The minimum Gasteiger partial charge on any atom is -0.346 e. The second-order valence-corrected chi connectivity index (χ2v) is 5.97. The highest BCUT2D eigenvalue weighted by molar-refractivity contribution is 5.79. The molecule has 0 bridgehead atoms. The van der Waals surface area contributed by atoms with Gasteiger partial charge < -0.3 is 9.88 Å². The van der Waals surface area contributed by atoms with Crippen molar-refractivity contribution in [1.29, 1.82) is 0 Å². The topological polar surface area (TPSA) is 58.5 Å². The molecule has 3 aromatic heterocycles. The largest absolute Gasteiger partial charge is 0.346 e. The molecular weight excluding hydrogens is 262 g/mol. The molecule has 4 heterocycles. The zero-order valence-electron chi connectivity index (χ0n) is 12.1. The molecule has 1 aliphatic heterocycles. The van der Waals surface area contributed by atoms with Gasteiger partial charge in [0.1, 0.15) is 0 Å². The zero-order chi connectivity index (χ0) is 14.2. The molecule has 1 saturated heterocycles. The molecule has 0 spiro atoms. The first-order chi connectivity index (χ1) is 10.3. The molecule has 4 rings (SSSR count). The molecule has 2 atom stereocenters. The second kappa shape index (κ2) is 5.00. The first-order valence-corrected chi connectivity index (χ1v) is 7.48. The number of fused-ring (bicyclic) bond motifs is 1. The zero-order valence-corrected chi connectivity index (χ0v) is 12.1. The SMILES string of the molecule is CC1CC(Cn2ccc3nc(-c4cn[nH]c4)ccc32)CN1. The summed E-state index contributed by atoms with van der Waals surface area (Å²) in [5, 5.41) is 10.3. The van der Waals surface area contributed by atoms with E-state index in [0.29, 0.717) is 12.0 Å². The third-order valence-corrected chi connectivity index (χ3v) is 4.31. The van der Waals surface area contributed by atoms with Crippen molar-refractivity contribution in [2.24, 2.45) is 5.92 Å². The highest BCUT2D eigenvalue weighted by Crippen LogP contribution is 2.23. The first-order valence-electron chi connectivity index (χ1n) is 7.48. The minimum atomic E-state index is 0.641. The molecule has 1 aliphatic rings. The molecule has 0 aromatic carbocycles. The fraction of sp³-hybridized carbons (Fsp3) is 0.375. The Labute approximate surface area is 123 Å². The summed E-state index contributed by atoms with van der Waals surface area (Å²) in [5.41, 5.74) is 4.25. The van der Waals surface area contributed by atoms with Gasteiger partial charge in [-0.3, -0.25) is 5.10 Å². The van der Waals surface area contributed by atoms with E-state index in [1.165, 1.54) is 11.9 Å². The van der Waals surface area contributed by atoms with Crippen LogP contribution in [0.25, 0.3) is 22.3 Å². The van der Waals surface area contributed by atoms with Gasteiger partial charge in [0.25, 0.3) is 0 Å². The predicted molar refractivity (Wildman–Crippen MR) is 82.9 cm³/mol. The lowest BCUT2D eigenvalue weighted by Gasteiger charge is -2.11. The van der Waals surface area contributed by atoms with Gasteiger partial charge in [-0.2, -0.15) is 5.10 Å². The van der Waals surface area contributed by atoms with Crippen LogP contribution >= 0.6 is 0 Å². The Balaban J connectivity index is 1.63. The molecule has 0 radical (unpaired) electrons. The molecule has 5 heteroatoms. The highest BCUT2D eigenvalue weighted by atomic mass is 15.1. The number of hydrogen-bond acceptors (Lipinski definition) is 3. The normalized spacial score (nSPS) is 22.1. The van der Waals surface area contributed by atoms with Crippen LogP contribution in [0.2, 0.25) is 0 Å². The standard InChI is InChI=1S/C16H19N5/c1-11-6-12(7-17-11)10-21-5-4-15-16(21)3-2-14(20-15)13-8-18-19-9-13/h2-5,8-9,11-12,17H,6-7,10H2,1H3,(H,18,19). The number of H-pyrrole nitrogens is 1. The van der Waals surface area contributed by atoms with E-state index < -0.39 is 0 Å². The predicted octanol–water partition coefficient (Wildman–Crippen LogP) is 2.42. The van der Waals surface area contributed by atoms with Crippen LogP contribution in [0.4, 0.5) is 0 Å². The van der Waals surface area contributed by atoms with Crippen molar-refractivity contribution in [3.05, 3.63) is 36.8 Å². The van der Waals surface area contributed by atoms with Crippen molar-refractivity contribution in [3.8, 4) is 11.3 Å². The molecule has 3 aromatic rings. The lowest BCUT2D eigenvalue weighted by atomic mass is 10.1. The van der Waals surface area contributed by atoms with E-state index in [2.05, 4.69) is 51.4 Å². The maximum Gasteiger partial charge on any atom is 0.0888 e. The van der Waals surface area contributed by atoms with Gasteiger partial charge in [0.05, 0.1) is 22.9 Å². The molecule has 5 nitrogen and oxygen atoms in total. The third-order valence-electron chi connectivity index (χ3n) is 4.31. The molecule has 21 heavy (non-hydrogen) atoms. The Hall–Kier alpha value is -2.14. The number of aromatic amines is 1. The number of aromatic nitrogens is 4. The fourth-order valence-corrected chi connectivity index (χ4v) is 3.24. The summed E-state index contributed by atoms with van der Waals surface area (Å²) in [4.78, 5) is 4.73. The van der Waals surface area contributed by atoms with Crippen LogP contribution in [0.3, 0.4) is 0 Å². The van der Waals surface area contributed by atoms with Gasteiger partial charge in [-0.1, -0.05) is 0 Å². The van der Waals surface area contributed by atoms with Crippen LogP contribution in [0.5, 0.6) is 0 Å². The molecular formula is C16H19N5. The van der Waals surface area contributed by atoms with E-state index in [1.807, 2.05) is 6.20 Å². The Morgan fingerprint density at radius 3 is 3.05 bits per heavy atom. The van der Waals surface area contributed by atoms with Crippen molar-refractivity contribution in [1.82, 2.24) is 25.1 Å². The summed E-state index contributed by atoms with van der Waals surface area (Å²) in [7, 11) is 0. The van der Waals surface area contributed by atoms with Gasteiger partial charge in [0.15, 0.2) is 0 Å². The molecule has 0 amide bonds. The van der Waals surface area contributed by atoms with Gasteiger partial charge in [0.2, 0.25) is 0 Å². The van der Waals surface area contributed by atoms with E-state index in [-0.39, 0.29) is 0 Å². The van der Waals surface area contributed by atoms with Gasteiger partial charge in [-0.25, -0.2) is 4.98 Å². The van der Waals surface area contributed by atoms with E-state index in [0.717, 1.165) is 29.9 Å². The van der Waals surface area contributed by atoms with Crippen LogP contribution in [0.15, 0.2) is 36.8 Å². The van der Waals surface area contributed by atoms with E-state index >= 15 is 0 Å². The molecule has 1 fully saturated rings. The highest BCUT2D eigenvalue weighted by Gasteiger charge is 2.21. The third kappa shape index (κ3) is 2.34. The van der Waals surface area contributed by atoms with Crippen molar-refractivity contribution in [2.75, 3.05) is 6.54 Å². The Morgan fingerprint density at radius 2 is 2.29 bits per heavy atom. The molecule has 0 saturated carbocycles. The van der Waals surface area contributed by atoms with E-state index in [4.69, 9.17) is 4.98 Å². The van der Waals surface area contributed by atoms with Gasteiger partial charge in [-0.15, -0.1) is 0 Å². The van der Waals surface area contributed by atoms with Crippen molar-refractivity contribution >= 4 is 11.0 Å². The Kier molecular flexibility index (Phi) is 3.00. The first kappa shape index (κ1) is 12.6. The van der Waals surface area contributed by atoms with Crippen molar-refractivity contribution < 1.29 is 0 Å². The summed E-state index contributed by atoms with van der Waals surface area (Å²) in [6.45, 7) is 4.43. The summed E-state index contributed by atoms with van der Waals surface area (Å²) >= 11 is 0. The number of hydrogen-bond donors (Lipinski definition) is 2. The van der Waals surface area contributed by atoms with Crippen molar-refractivity contribution in [2.45, 2.75) is 25.9 Å². The van der Waals surface area contributed by atoms with Crippen LogP contribution in [-0.2, 0) is 6.54 Å². The van der Waals surface area contributed by atoms with Gasteiger partial charge >= 0.3 is 0 Å². The van der Waals surface area contributed by atoms with E-state index in [1.54, 1.807) is 6.20 Å². The number of pyridine rings is 1. The summed E-state index contributed by atoms with van der Waals surface area (Å²) in [6.07, 6.45) is 7.08. The van der Waals surface area contributed by atoms with Crippen LogP contribution < -0.4 is 5.32 Å². The number of nitrogens with one attached hydrogen (secondary N) is 2. The smallest absolute Gasteiger partial charge is 0.0888 e. The van der Waals surface area contributed by atoms with E-state index in [9.17, 15) is 0 Å². The summed E-state index contributed by atoms with van der Waals surface area (Å²) in [5.74, 6) is 0.712. The second-order valence-electron chi connectivity index (χ2n) is 5.97. The maximum absolute atomic E-state index is 4.73. The molecule has 0 aliphatic carbocycles. The quantitative estimate of drug-likeness (QED) is 0.775. The van der Waals surface area contributed by atoms with Crippen molar-refractivity contribution in [3.63, 3.8) is 0 Å². The van der Waals surface area contributed by atoms with Crippen LogP contribution in [0.1, 0.15) is 13.3 Å². The van der Waals surface area contributed by atoms with Crippen LogP contribution in [-0.4, -0.2) is 32.3 Å².